The molecule has 0 aliphatic rings. The van der Waals surface area contributed by atoms with Crippen LogP contribution in [0.3, 0.4) is 0 Å². The van der Waals surface area contributed by atoms with Gasteiger partial charge in [-0.2, -0.15) is 4.98 Å². The van der Waals surface area contributed by atoms with Crippen molar-refractivity contribution in [2.24, 2.45) is 0 Å². The molecule has 2 rings (SSSR count). The van der Waals surface area contributed by atoms with Crippen LogP contribution in [-0.2, 0) is 11.2 Å². The molecule has 0 spiro atoms. The summed E-state index contributed by atoms with van der Waals surface area (Å²) in [5, 5.41) is 9.92. The molecule has 1 aromatic carbocycles. The highest BCUT2D eigenvalue weighted by Crippen LogP contribution is 2.17. The number of hydrogen-bond acceptors (Lipinski definition) is 5. The summed E-state index contributed by atoms with van der Waals surface area (Å²) in [6, 6.07) is 7.97. The molecule has 2 aromatic rings. The fourth-order valence-corrected chi connectivity index (χ4v) is 1.91. The predicted octanol–water partition coefficient (Wildman–Crippen LogP) is 1.92. The predicted molar refractivity (Wildman–Crippen MR) is 75.2 cm³/mol. The van der Waals surface area contributed by atoms with Crippen LogP contribution in [0, 0.1) is 0 Å². The Morgan fingerprint density at radius 2 is 2.30 bits per heavy atom. The number of nitrogens with zero attached hydrogens (tertiary/aromatic N) is 2. The minimum atomic E-state index is -0.0696. The standard InChI is InChI=1S/C14H18N4O2/c1-10(15-7-6-14-16-9-20-18-14)12-4-3-5-13(8-12)17-11(2)19/h3-5,8-10,15H,6-7H2,1-2H3,(H,17,19). The Kier molecular flexibility index (Phi) is 4.84. The van der Waals surface area contributed by atoms with Crippen molar-refractivity contribution >= 4 is 11.6 Å². The molecular weight excluding hydrogens is 256 g/mol. The third kappa shape index (κ3) is 4.17. The summed E-state index contributed by atoms with van der Waals surface area (Å²) in [6.07, 6.45) is 2.04. The number of nitrogens with one attached hydrogen (secondary N) is 2. The van der Waals surface area contributed by atoms with Crippen LogP contribution >= 0.6 is 0 Å². The quantitative estimate of drug-likeness (QED) is 0.841. The third-order valence-corrected chi connectivity index (χ3v) is 2.91. The second-order valence-corrected chi connectivity index (χ2v) is 4.58. The largest absolute Gasteiger partial charge is 0.343 e. The van der Waals surface area contributed by atoms with Crippen molar-refractivity contribution in [3.05, 3.63) is 42.0 Å². The Labute approximate surface area is 117 Å². The summed E-state index contributed by atoms with van der Waals surface area (Å²) in [6.45, 7) is 4.33. The van der Waals surface area contributed by atoms with Crippen molar-refractivity contribution in [2.75, 3.05) is 11.9 Å². The van der Waals surface area contributed by atoms with Crippen molar-refractivity contribution in [3.8, 4) is 0 Å². The Balaban J connectivity index is 1.88. The molecule has 1 heterocycles. The highest BCUT2D eigenvalue weighted by molar-refractivity contribution is 5.88. The van der Waals surface area contributed by atoms with Gasteiger partial charge in [-0.25, -0.2) is 0 Å². The van der Waals surface area contributed by atoms with Crippen LogP contribution in [0.2, 0.25) is 0 Å². The minimum absolute atomic E-state index is 0.0696. The number of aromatic nitrogens is 2. The van der Waals surface area contributed by atoms with E-state index in [9.17, 15) is 4.79 Å². The van der Waals surface area contributed by atoms with Gasteiger partial charge in [-0.15, -0.1) is 0 Å². The van der Waals surface area contributed by atoms with E-state index in [-0.39, 0.29) is 11.9 Å². The SMILES string of the molecule is CC(=O)Nc1cccc(C(C)NCCc2ncon2)c1. The Bertz CT molecular complexity index is 554. The third-order valence-electron chi connectivity index (χ3n) is 2.91. The van der Waals surface area contributed by atoms with Crippen molar-refractivity contribution < 1.29 is 9.32 Å². The molecule has 2 N–H and O–H groups in total. The minimum Gasteiger partial charge on any atom is -0.343 e. The van der Waals surface area contributed by atoms with Crippen LogP contribution in [0.4, 0.5) is 5.69 Å². The van der Waals surface area contributed by atoms with E-state index in [4.69, 9.17) is 0 Å². The van der Waals surface area contributed by atoms with Crippen molar-refractivity contribution in [1.29, 1.82) is 0 Å². The van der Waals surface area contributed by atoms with Gasteiger partial charge in [0.15, 0.2) is 5.82 Å². The van der Waals surface area contributed by atoms with Gasteiger partial charge < -0.3 is 15.2 Å². The second-order valence-electron chi connectivity index (χ2n) is 4.58. The second kappa shape index (κ2) is 6.81. The molecule has 20 heavy (non-hydrogen) atoms. The normalized spacial score (nSPS) is 12.1. The molecule has 0 bridgehead atoms. The van der Waals surface area contributed by atoms with Gasteiger partial charge in [-0.3, -0.25) is 4.79 Å². The van der Waals surface area contributed by atoms with E-state index < -0.39 is 0 Å². The van der Waals surface area contributed by atoms with Crippen LogP contribution in [0.15, 0.2) is 35.2 Å². The number of anilines is 1. The molecule has 0 radical (unpaired) electrons. The molecule has 0 aliphatic carbocycles. The number of amides is 1. The molecule has 6 heteroatoms. The molecule has 0 saturated carbocycles. The Morgan fingerprint density at radius 3 is 3.00 bits per heavy atom. The van der Waals surface area contributed by atoms with Crippen molar-refractivity contribution in [3.63, 3.8) is 0 Å². The van der Waals surface area contributed by atoms with E-state index >= 15 is 0 Å². The zero-order chi connectivity index (χ0) is 14.4. The summed E-state index contributed by atoms with van der Waals surface area (Å²) < 4.78 is 4.68. The van der Waals surface area contributed by atoms with Crippen LogP contribution in [0.25, 0.3) is 0 Å². The van der Waals surface area contributed by atoms with Gasteiger partial charge in [0, 0.05) is 31.6 Å². The maximum absolute atomic E-state index is 11.0. The lowest BCUT2D eigenvalue weighted by Crippen LogP contribution is -2.21. The van der Waals surface area contributed by atoms with Crippen molar-refractivity contribution in [2.45, 2.75) is 26.3 Å². The average Bonchev–Trinajstić information content (AvgIpc) is 2.91. The molecule has 106 valence electrons. The average molecular weight is 274 g/mol. The first-order valence-corrected chi connectivity index (χ1v) is 6.51. The molecule has 1 atom stereocenters. The summed E-state index contributed by atoms with van der Waals surface area (Å²) in [7, 11) is 0. The lowest BCUT2D eigenvalue weighted by Gasteiger charge is -2.14. The first-order valence-electron chi connectivity index (χ1n) is 6.51. The van der Waals surface area contributed by atoms with E-state index in [1.165, 1.54) is 13.3 Å². The van der Waals surface area contributed by atoms with E-state index in [0.29, 0.717) is 12.2 Å². The van der Waals surface area contributed by atoms with Crippen LogP contribution in [0.5, 0.6) is 0 Å². The van der Waals surface area contributed by atoms with E-state index in [1.807, 2.05) is 24.3 Å². The van der Waals surface area contributed by atoms with Crippen molar-refractivity contribution in [1.82, 2.24) is 15.5 Å². The highest BCUT2D eigenvalue weighted by Gasteiger charge is 2.07. The van der Waals surface area contributed by atoms with Gasteiger partial charge in [-0.1, -0.05) is 17.3 Å². The number of carbonyl (C=O) groups is 1. The molecule has 0 saturated heterocycles. The zero-order valence-electron chi connectivity index (χ0n) is 11.6. The first kappa shape index (κ1) is 14.2. The van der Waals surface area contributed by atoms with Gasteiger partial charge in [0.1, 0.15) is 0 Å². The monoisotopic (exact) mass is 274 g/mol. The van der Waals surface area contributed by atoms with Gasteiger partial charge in [-0.05, 0) is 24.6 Å². The lowest BCUT2D eigenvalue weighted by molar-refractivity contribution is -0.114. The molecule has 1 amide bonds. The van der Waals surface area contributed by atoms with Gasteiger partial charge in [0.2, 0.25) is 12.3 Å². The summed E-state index contributed by atoms with van der Waals surface area (Å²) in [5.74, 6) is 0.622. The molecule has 6 nitrogen and oxygen atoms in total. The lowest BCUT2D eigenvalue weighted by atomic mass is 10.1. The molecule has 0 aliphatic heterocycles. The molecular formula is C14H18N4O2. The number of hydrogen-bond donors (Lipinski definition) is 2. The van der Waals surface area contributed by atoms with Crippen LogP contribution in [-0.4, -0.2) is 22.6 Å². The summed E-state index contributed by atoms with van der Waals surface area (Å²) in [4.78, 5) is 15.0. The van der Waals surface area contributed by atoms with E-state index in [2.05, 4.69) is 32.2 Å². The maximum atomic E-state index is 11.0. The van der Waals surface area contributed by atoms with Crippen LogP contribution in [0.1, 0.15) is 31.3 Å². The number of carbonyl (C=O) groups excluding carboxylic acids is 1. The van der Waals surface area contributed by atoms with E-state index in [1.54, 1.807) is 0 Å². The molecule has 1 unspecified atom stereocenters. The number of rotatable bonds is 6. The summed E-state index contributed by atoms with van der Waals surface area (Å²) in [5.41, 5.74) is 1.92. The highest BCUT2D eigenvalue weighted by atomic mass is 16.5. The summed E-state index contributed by atoms with van der Waals surface area (Å²) >= 11 is 0. The molecule has 1 aromatic heterocycles. The zero-order valence-corrected chi connectivity index (χ0v) is 11.6. The van der Waals surface area contributed by atoms with Gasteiger partial charge in [0.05, 0.1) is 0 Å². The topological polar surface area (TPSA) is 80.0 Å². The number of benzene rings is 1. The smallest absolute Gasteiger partial charge is 0.221 e. The maximum Gasteiger partial charge on any atom is 0.221 e. The first-order chi connectivity index (χ1) is 9.65. The fourth-order valence-electron chi connectivity index (χ4n) is 1.91. The Hall–Kier alpha value is -2.21. The fraction of sp³-hybridized carbons (Fsp3) is 0.357. The van der Waals surface area contributed by atoms with Gasteiger partial charge >= 0.3 is 0 Å². The Morgan fingerprint density at radius 1 is 1.45 bits per heavy atom. The molecule has 0 fully saturated rings. The van der Waals surface area contributed by atoms with Gasteiger partial charge in [0.25, 0.3) is 0 Å². The van der Waals surface area contributed by atoms with Crippen LogP contribution < -0.4 is 10.6 Å². The van der Waals surface area contributed by atoms with E-state index in [0.717, 1.165) is 17.8 Å².